The first kappa shape index (κ1) is 19.0. The van der Waals surface area contributed by atoms with Gasteiger partial charge >= 0.3 is 0 Å². The molecule has 24 heavy (non-hydrogen) atoms. The lowest BCUT2D eigenvalue weighted by molar-refractivity contribution is -0.141. The molecule has 0 aliphatic carbocycles. The van der Waals surface area contributed by atoms with Crippen LogP contribution in [0.3, 0.4) is 0 Å². The highest BCUT2D eigenvalue weighted by Crippen LogP contribution is 2.29. The van der Waals surface area contributed by atoms with Crippen LogP contribution in [0.15, 0.2) is 40.8 Å². The minimum Gasteiger partial charge on any atom is -0.344 e. The second-order valence-corrected chi connectivity index (χ2v) is 9.24. The van der Waals surface area contributed by atoms with Gasteiger partial charge in [-0.25, -0.2) is 4.21 Å². The molecule has 5 heteroatoms. The van der Waals surface area contributed by atoms with Gasteiger partial charge in [0.05, 0.1) is 10.9 Å². The van der Waals surface area contributed by atoms with Crippen LogP contribution < -0.4 is 0 Å². The van der Waals surface area contributed by atoms with Crippen LogP contribution in [0.2, 0.25) is 0 Å². The number of nitrogens with zero attached hydrogens (tertiary/aromatic N) is 1. The number of ether oxygens (including phenoxy) is 2. The van der Waals surface area contributed by atoms with Gasteiger partial charge in [-0.15, -0.1) is 0 Å². The van der Waals surface area contributed by atoms with Gasteiger partial charge in [-0.2, -0.15) is 4.40 Å². The Balaban J connectivity index is 2.02. The van der Waals surface area contributed by atoms with Gasteiger partial charge in [-0.1, -0.05) is 42.5 Å². The Bertz CT molecular complexity index is 617. The monoisotopic (exact) mass is 349 g/mol. The van der Waals surface area contributed by atoms with Gasteiger partial charge in [-0.05, 0) is 46.6 Å². The van der Waals surface area contributed by atoms with Gasteiger partial charge in [-0.3, -0.25) is 0 Å². The zero-order chi connectivity index (χ0) is 17.8. The van der Waals surface area contributed by atoms with Crippen LogP contribution in [-0.4, -0.2) is 33.2 Å². The lowest BCUT2D eigenvalue weighted by atomic mass is 10.1. The molecule has 1 aromatic carbocycles. The number of hydrogen-bond donors (Lipinski definition) is 0. The molecule has 0 saturated carbocycles. The van der Waals surface area contributed by atoms with Gasteiger partial charge in [0.1, 0.15) is 17.1 Å². The lowest BCUT2D eigenvalue weighted by Gasteiger charge is -2.16. The van der Waals surface area contributed by atoms with Crippen molar-refractivity contribution in [2.75, 3.05) is 0 Å². The van der Waals surface area contributed by atoms with Gasteiger partial charge in [0.15, 0.2) is 5.79 Å². The molecule has 0 bridgehead atoms. The fourth-order valence-electron chi connectivity index (χ4n) is 2.35. The molecule has 1 fully saturated rings. The average molecular weight is 349 g/mol. The third-order valence-corrected chi connectivity index (χ3v) is 4.89. The second-order valence-electron chi connectivity index (χ2n) is 7.30. The van der Waals surface area contributed by atoms with E-state index in [-0.39, 0.29) is 17.0 Å². The summed E-state index contributed by atoms with van der Waals surface area (Å²) in [5, 5.41) is 0. The largest absolute Gasteiger partial charge is 0.344 e. The molecular weight excluding hydrogens is 322 g/mol. The van der Waals surface area contributed by atoms with Crippen molar-refractivity contribution in [1.29, 1.82) is 0 Å². The number of rotatable bonds is 5. The summed E-state index contributed by atoms with van der Waals surface area (Å²) >= 11 is 0. The standard InChI is InChI=1S/C19H27NO3S/c1-18(2,3)24(21)20-14-17-16(22-19(4,5)23-17)13-9-12-15-10-7-6-8-11-15/h6-12,14,16-17H,13H2,1-5H3/b12-9+,20-14+/t16-,17-,24-/m0/s1. The quantitative estimate of drug-likeness (QED) is 0.751. The summed E-state index contributed by atoms with van der Waals surface area (Å²) in [7, 11) is -1.29. The molecule has 1 aliphatic heterocycles. The Labute approximate surface area is 147 Å². The summed E-state index contributed by atoms with van der Waals surface area (Å²) in [5.74, 6) is -0.662. The van der Waals surface area contributed by atoms with Crippen LogP contribution in [0.1, 0.15) is 46.6 Å². The van der Waals surface area contributed by atoms with Crippen molar-refractivity contribution >= 4 is 23.3 Å². The second kappa shape index (κ2) is 7.72. The van der Waals surface area contributed by atoms with E-state index in [4.69, 9.17) is 9.47 Å². The normalized spacial score (nSPS) is 25.5. The molecule has 1 saturated heterocycles. The molecule has 0 amide bonds. The van der Waals surface area contributed by atoms with Gasteiger partial charge in [0.25, 0.3) is 0 Å². The van der Waals surface area contributed by atoms with Crippen molar-refractivity contribution in [2.24, 2.45) is 4.40 Å². The van der Waals surface area contributed by atoms with Gasteiger partial charge < -0.3 is 9.47 Å². The van der Waals surface area contributed by atoms with E-state index in [1.807, 2.05) is 52.8 Å². The maximum atomic E-state index is 12.1. The molecule has 0 unspecified atom stereocenters. The van der Waals surface area contributed by atoms with E-state index in [0.717, 1.165) is 5.56 Å². The van der Waals surface area contributed by atoms with Crippen molar-refractivity contribution in [3.63, 3.8) is 0 Å². The molecule has 1 heterocycles. The van der Waals surface area contributed by atoms with Crippen LogP contribution in [0.5, 0.6) is 0 Å². The molecule has 0 spiro atoms. The van der Waals surface area contributed by atoms with E-state index >= 15 is 0 Å². The highest BCUT2D eigenvalue weighted by Gasteiger charge is 2.40. The molecule has 0 aromatic heterocycles. The highest BCUT2D eigenvalue weighted by molar-refractivity contribution is 7.85. The van der Waals surface area contributed by atoms with E-state index in [1.165, 1.54) is 0 Å². The summed E-state index contributed by atoms with van der Waals surface area (Å²) in [6.45, 7) is 9.47. The van der Waals surface area contributed by atoms with Gasteiger partial charge in [0, 0.05) is 6.21 Å². The van der Waals surface area contributed by atoms with E-state index in [2.05, 4.69) is 28.7 Å². The molecule has 0 radical (unpaired) electrons. The summed E-state index contributed by atoms with van der Waals surface area (Å²) in [4.78, 5) is 0. The predicted molar refractivity (Wildman–Crippen MR) is 100 cm³/mol. The molecule has 3 atom stereocenters. The molecule has 1 aromatic rings. The Hall–Kier alpha value is -1.30. The molecule has 1 aliphatic rings. The Kier molecular flexibility index (Phi) is 6.12. The summed E-state index contributed by atoms with van der Waals surface area (Å²) in [6, 6.07) is 10.1. The third-order valence-electron chi connectivity index (χ3n) is 3.53. The molecular formula is C19H27NO3S. The van der Waals surface area contributed by atoms with E-state index in [9.17, 15) is 4.21 Å². The first-order valence-electron chi connectivity index (χ1n) is 8.21. The van der Waals surface area contributed by atoms with Crippen LogP contribution >= 0.6 is 0 Å². The average Bonchev–Trinajstić information content (AvgIpc) is 2.79. The first-order chi connectivity index (χ1) is 11.2. The van der Waals surface area contributed by atoms with Gasteiger partial charge in [0.2, 0.25) is 0 Å². The van der Waals surface area contributed by atoms with E-state index in [1.54, 1.807) is 6.21 Å². The summed E-state index contributed by atoms with van der Waals surface area (Å²) < 4.78 is 27.7. The van der Waals surface area contributed by atoms with Crippen LogP contribution in [0.4, 0.5) is 0 Å². The minimum absolute atomic E-state index is 0.138. The third kappa shape index (κ3) is 5.65. The van der Waals surface area contributed by atoms with Crippen LogP contribution in [-0.2, 0) is 20.5 Å². The maximum Gasteiger partial charge on any atom is 0.164 e. The Morgan fingerprint density at radius 2 is 1.88 bits per heavy atom. The topological polar surface area (TPSA) is 47.9 Å². The highest BCUT2D eigenvalue weighted by atomic mass is 32.2. The smallest absolute Gasteiger partial charge is 0.164 e. The van der Waals surface area contributed by atoms with E-state index < -0.39 is 16.8 Å². The minimum atomic E-state index is -1.29. The van der Waals surface area contributed by atoms with Crippen molar-refractivity contribution in [1.82, 2.24) is 0 Å². The fraction of sp³-hybridized carbons (Fsp3) is 0.526. The summed E-state index contributed by atoms with van der Waals surface area (Å²) in [5.41, 5.74) is 1.15. The predicted octanol–water partition coefficient (Wildman–Crippen LogP) is 4.14. The maximum absolute atomic E-state index is 12.1. The molecule has 4 nitrogen and oxygen atoms in total. The fourth-order valence-corrected chi connectivity index (χ4v) is 2.89. The number of hydrogen-bond acceptors (Lipinski definition) is 3. The molecule has 2 rings (SSSR count). The van der Waals surface area contributed by atoms with Crippen LogP contribution in [0, 0.1) is 0 Å². The van der Waals surface area contributed by atoms with Crippen molar-refractivity contribution in [3.05, 3.63) is 42.0 Å². The SMILES string of the molecule is CC1(C)O[C@@H](/C=N/[S@@](=O)C(C)(C)C)[C@H](C/C=C/c2ccccc2)O1. The molecule has 0 N–H and O–H groups in total. The zero-order valence-electron chi connectivity index (χ0n) is 15.1. The first-order valence-corrected chi connectivity index (χ1v) is 9.31. The summed E-state index contributed by atoms with van der Waals surface area (Å²) in [6.07, 6.45) is 6.05. The lowest BCUT2D eigenvalue weighted by Crippen LogP contribution is -2.26. The molecule has 132 valence electrons. The Morgan fingerprint density at radius 3 is 2.50 bits per heavy atom. The Morgan fingerprint density at radius 1 is 1.21 bits per heavy atom. The zero-order valence-corrected chi connectivity index (χ0v) is 15.9. The van der Waals surface area contributed by atoms with Crippen molar-refractivity contribution in [3.8, 4) is 0 Å². The van der Waals surface area contributed by atoms with Crippen molar-refractivity contribution in [2.45, 2.75) is 63.8 Å². The number of benzene rings is 1. The van der Waals surface area contributed by atoms with Crippen molar-refractivity contribution < 1.29 is 13.7 Å². The van der Waals surface area contributed by atoms with E-state index in [0.29, 0.717) is 6.42 Å². The van der Waals surface area contributed by atoms with Crippen LogP contribution in [0.25, 0.3) is 6.08 Å².